The van der Waals surface area contributed by atoms with Gasteiger partial charge in [-0.1, -0.05) is 12.8 Å². The highest BCUT2D eigenvalue weighted by atomic mass is 16.6. The van der Waals surface area contributed by atoms with E-state index in [4.69, 9.17) is 9.47 Å². The van der Waals surface area contributed by atoms with Gasteiger partial charge in [-0.05, 0) is 92.4 Å². The fraction of sp³-hybridized carbons (Fsp3) is 0.917. The Balaban J connectivity index is 1.63. The largest absolute Gasteiger partial charge is 0.459 e. The number of ether oxygens (including phenoxy) is 2. The van der Waals surface area contributed by atoms with Gasteiger partial charge in [-0.25, -0.2) is 0 Å². The minimum Gasteiger partial charge on any atom is -0.459 e. The van der Waals surface area contributed by atoms with E-state index in [-0.39, 0.29) is 23.8 Å². The van der Waals surface area contributed by atoms with Crippen LogP contribution >= 0.6 is 0 Å². The molecule has 6 nitrogen and oxygen atoms in total. The molecular formula is C24H42N2O4. The van der Waals surface area contributed by atoms with Gasteiger partial charge in [0.1, 0.15) is 11.2 Å². The third kappa shape index (κ3) is 5.76. The van der Waals surface area contributed by atoms with Gasteiger partial charge in [-0.15, -0.1) is 0 Å². The Morgan fingerprint density at radius 3 is 1.30 bits per heavy atom. The molecule has 3 fully saturated rings. The van der Waals surface area contributed by atoms with Gasteiger partial charge in [0.2, 0.25) is 0 Å². The maximum Gasteiger partial charge on any atom is 0.310 e. The van der Waals surface area contributed by atoms with Gasteiger partial charge in [0.15, 0.2) is 0 Å². The van der Waals surface area contributed by atoms with Crippen LogP contribution in [0.4, 0.5) is 0 Å². The fourth-order valence-electron chi connectivity index (χ4n) is 5.57. The lowest BCUT2D eigenvalue weighted by Crippen LogP contribution is -2.47. The first-order valence-electron chi connectivity index (χ1n) is 12.1. The lowest BCUT2D eigenvalue weighted by molar-refractivity contribution is -0.183. The summed E-state index contributed by atoms with van der Waals surface area (Å²) in [5.74, 6) is -0.460. The maximum atomic E-state index is 13.2. The van der Waals surface area contributed by atoms with Crippen molar-refractivity contribution in [1.29, 1.82) is 0 Å². The molecule has 172 valence electrons. The van der Waals surface area contributed by atoms with Crippen molar-refractivity contribution in [3.05, 3.63) is 0 Å². The molecule has 0 bridgehead atoms. The maximum absolute atomic E-state index is 13.2. The topological polar surface area (TPSA) is 76.7 Å². The number of hydrogen-bond acceptors (Lipinski definition) is 6. The summed E-state index contributed by atoms with van der Waals surface area (Å²) < 4.78 is 12.1. The molecule has 2 atom stereocenters. The van der Waals surface area contributed by atoms with E-state index in [1.54, 1.807) is 0 Å². The van der Waals surface area contributed by atoms with Crippen LogP contribution in [0, 0.1) is 23.7 Å². The Morgan fingerprint density at radius 1 is 0.633 bits per heavy atom. The van der Waals surface area contributed by atoms with Crippen LogP contribution in [-0.2, 0) is 19.1 Å². The van der Waals surface area contributed by atoms with Gasteiger partial charge in [0.25, 0.3) is 0 Å². The molecule has 30 heavy (non-hydrogen) atoms. The first kappa shape index (κ1) is 23.5. The summed E-state index contributed by atoms with van der Waals surface area (Å²) in [5, 5.41) is 6.74. The summed E-state index contributed by atoms with van der Waals surface area (Å²) in [6.07, 6.45) is 7.43. The summed E-state index contributed by atoms with van der Waals surface area (Å²) in [4.78, 5) is 26.4. The molecule has 0 aromatic rings. The van der Waals surface area contributed by atoms with Crippen LogP contribution in [0.15, 0.2) is 0 Å². The zero-order valence-corrected chi connectivity index (χ0v) is 19.4. The lowest BCUT2D eigenvalue weighted by atomic mass is 9.78. The Hall–Kier alpha value is -1.14. The molecule has 2 unspecified atom stereocenters. The van der Waals surface area contributed by atoms with Gasteiger partial charge >= 0.3 is 11.9 Å². The molecule has 0 aromatic heterocycles. The van der Waals surface area contributed by atoms with Gasteiger partial charge in [-0.2, -0.15) is 0 Å². The smallest absolute Gasteiger partial charge is 0.310 e. The summed E-state index contributed by atoms with van der Waals surface area (Å²) in [7, 11) is 0. The van der Waals surface area contributed by atoms with Crippen molar-refractivity contribution in [3.63, 3.8) is 0 Å². The van der Waals surface area contributed by atoms with E-state index >= 15 is 0 Å². The Bertz CT molecular complexity index is 540. The zero-order valence-electron chi connectivity index (χ0n) is 19.4. The van der Waals surface area contributed by atoms with E-state index < -0.39 is 11.2 Å². The highest BCUT2D eigenvalue weighted by Gasteiger charge is 2.44. The van der Waals surface area contributed by atoms with Crippen LogP contribution in [0.1, 0.15) is 79.1 Å². The van der Waals surface area contributed by atoms with E-state index in [0.717, 1.165) is 64.7 Å². The van der Waals surface area contributed by atoms with E-state index in [2.05, 4.69) is 10.6 Å². The van der Waals surface area contributed by atoms with Gasteiger partial charge in [0, 0.05) is 11.8 Å². The first-order chi connectivity index (χ1) is 14.2. The lowest BCUT2D eigenvalue weighted by Gasteiger charge is -2.40. The molecule has 3 aliphatic rings. The van der Waals surface area contributed by atoms with E-state index in [1.165, 1.54) is 0 Å². The fourth-order valence-corrected chi connectivity index (χ4v) is 5.57. The summed E-state index contributed by atoms with van der Waals surface area (Å²) in [5.41, 5.74) is -1.00. The van der Waals surface area contributed by atoms with E-state index in [0.29, 0.717) is 24.7 Å². The minimum absolute atomic E-state index is 0.208. The number of carbonyl (C=O) groups excluding carboxylic acids is 2. The number of carbonyl (C=O) groups is 2. The van der Waals surface area contributed by atoms with Gasteiger partial charge < -0.3 is 20.1 Å². The molecule has 1 saturated carbocycles. The molecule has 2 aliphatic heterocycles. The van der Waals surface area contributed by atoms with Crippen LogP contribution in [0.3, 0.4) is 0 Å². The Kier molecular flexibility index (Phi) is 7.83. The molecule has 2 heterocycles. The normalized spacial score (nSPS) is 27.5. The molecule has 3 rings (SSSR count). The second-order valence-electron chi connectivity index (χ2n) is 10.6. The number of piperidine rings is 2. The molecule has 6 heteroatoms. The predicted molar refractivity (Wildman–Crippen MR) is 117 cm³/mol. The average Bonchev–Trinajstić information content (AvgIpc) is 2.74. The van der Waals surface area contributed by atoms with Crippen molar-refractivity contribution in [2.75, 3.05) is 26.2 Å². The van der Waals surface area contributed by atoms with Crippen molar-refractivity contribution in [3.8, 4) is 0 Å². The third-order valence-corrected chi connectivity index (χ3v) is 7.74. The van der Waals surface area contributed by atoms with E-state index in [9.17, 15) is 9.59 Å². The molecule has 1 aliphatic carbocycles. The zero-order chi connectivity index (χ0) is 21.8. The molecular weight excluding hydrogens is 380 g/mol. The highest BCUT2D eigenvalue weighted by molar-refractivity contribution is 5.82. The van der Waals surface area contributed by atoms with Crippen molar-refractivity contribution < 1.29 is 19.1 Å². The van der Waals surface area contributed by atoms with Gasteiger partial charge in [-0.3, -0.25) is 9.59 Å². The van der Waals surface area contributed by atoms with Gasteiger partial charge in [0.05, 0.1) is 11.8 Å². The number of rotatable bonds is 6. The molecule has 0 aromatic carbocycles. The van der Waals surface area contributed by atoms with Crippen molar-refractivity contribution >= 4 is 11.9 Å². The molecule has 2 N–H and O–H groups in total. The molecule has 0 amide bonds. The third-order valence-electron chi connectivity index (χ3n) is 7.74. The van der Waals surface area contributed by atoms with Crippen LogP contribution < -0.4 is 10.6 Å². The van der Waals surface area contributed by atoms with Crippen molar-refractivity contribution in [1.82, 2.24) is 10.6 Å². The van der Waals surface area contributed by atoms with Crippen LogP contribution in [0.25, 0.3) is 0 Å². The molecule has 2 saturated heterocycles. The second kappa shape index (κ2) is 9.99. The van der Waals surface area contributed by atoms with Crippen LogP contribution in [0.5, 0.6) is 0 Å². The molecule has 0 spiro atoms. The number of esters is 2. The minimum atomic E-state index is -0.501. The van der Waals surface area contributed by atoms with E-state index in [1.807, 2.05) is 27.7 Å². The average molecular weight is 423 g/mol. The SMILES string of the molecule is CC(C)(OC(=O)C1CCCCC1C(=O)OC(C)(C)C1CCNCC1)C1CCNCC1. The quantitative estimate of drug-likeness (QED) is 0.639. The Labute approximate surface area is 182 Å². The summed E-state index contributed by atoms with van der Waals surface area (Å²) >= 11 is 0. The van der Waals surface area contributed by atoms with Crippen LogP contribution in [0.2, 0.25) is 0 Å². The number of hydrogen-bond donors (Lipinski definition) is 2. The second-order valence-corrected chi connectivity index (χ2v) is 10.6. The Morgan fingerprint density at radius 2 is 0.967 bits per heavy atom. The highest BCUT2D eigenvalue weighted by Crippen LogP contribution is 2.37. The van der Waals surface area contributed by atoms with Crippen molar-refractivity contribution in [2.24, 2.45) is 23.7 Å². The first-order valence-corrected chi connectivity index (χ1v) is 12.1. The monoisotopic (exact) mass is 422 g/mol. The predicted octanol–water partition coefficient (Wildman–Crippen LogP) is 3.44. The summed E-state index contributed by atoms with van der Waals surface area (Å²) in [6, 6.07) is 0. The van der Waals surface area contributed by atoms with Crippen molar-refractivity contribution in [2.45, 2.75) is 90.3 Å². The summed E-state index contributed by atoms with van der Waals surface area (Å²) in [6.45, 7) is 12.0. The number of nitrogens with one attached hydrogen (secondary N) is 2. The standard InChI is InChI=1S/C24H42N2O4/c1-23(2,17-9-13-25-14-10-17)29-21(27)19-7-5-6-8-20(19)22(28)30-24(3,4)18-11-15-26-16-12-18/h17-20,25-26H,5-16H2,1-4H3. The molecule has 0 radical (unpaired) electrons. The van der Waals surface area contributed by atoms with Crippen LogP contribution in [-0.4, -0.2) is 49.3 Å².